The monoisotopic (exact) mass is 376 g/mol. The molecule has 0 atom stereocenters. The molecular formula is C20H19F3N2O2. The van der Waals surface area contributed by atoms with Gasteiger partial charge >= 0.3 is 6.18 Å². The number of carbonyl (C=O) groups is 1. The van der Waals surface area contributed by atoms with E-state index in [1.54, 1.807) is 4.90 Å². The summed E-state index contributed by atoms with van der Waals surface area (Å²) >= 11 is 0. The number of hydrogen-bond acceptors (Lipinski definition) is 3. The van der Waals surface area contributed by atoms with Gasteiger partial charge in [-0.3, -0.25) is 4.79 Å². The van der Waals surface area contributed by atoms with E-state index in [2.05, 4.69) is 11.0 Å². The summed E-state index contributed by atoms with van der Waals surface area (Å²) in [6, 6.07) is 10.5. The quantitative estimate of drug-likeness (QED) is 0.801. The van der Waals surface area contributed by atoms with Gasteiger partial charge in [-0.15, -0.1) is 0 Å². The van der Waals surface area contributed by atoms with Crippen LogP contribution in [0.25, 0.3) is 0 Å². The molecule has 0 N–H and O–H groups in total. The number of anilines is 2. The van der Waals surface area contributed by atoms with E-state index in [-0.39, 0.29) is 11.5 Å². The summed E-state index contributed by atoms with van der Waals surface area (Å²) in [4.78, 5) is 16.7. The van der Waals surface area contributed by atoms with Gasteiger partial charge in [0.2, 0.25) is 0 Å². The van der Waals surface area contributed by atoms with Crippen LogP contribution in [0.3, 0.4) is 0 Å². The maximum Gasteiger partial charge on any atom is 0.416 e. The molecule has 0 radical (unpaired) electrons. The molecule has 0 saturated carbocycles. The van der Waals surface area contributed by atoms with Gasteiger partial charge in [-0.05, 0) is 48.4 Å². The van der Waals surface area contributed by atoms with Gasteiger partial charge in [0, 0.05) is 36.6 Å². The van der Waals surface area contributed by atoms with Crippen LogP contribution < -0.4 is 9.80 Å². The van der Waals surface area contributed by atoms with Crippen molar-refractivity contribution in [3.05, 3.63) is 59.2 Å². The van der Waals surface area contributed by atoms with Gasteiger partial charge in [-0.2, -0.15) is 13.2 Å². The van der Waals surface area contributed by atoms with E-state index in [0.29, 0.717) is 19.8 Å². The standard InChI is InChI=1S/C20H19F3N2O2/c21-20(22,23)16-4-1-15(2-5-16)19(26)25-8-7-14-3-6-17(13-18(14)25)24-9-11-27-12-10-24/h1-6,13H,7-12H2. The Morgan fingerprint density at radius 3 is 2.33 bits per heavy atom. The first-order valence-corrected chi connectivity index (χ1v) is 8.88. The lowest BCUT2D eigenvalue weighted by molar-refractivity contribution is -0.137. The third kappa shape index (κ3) is 3.51. The van der Waals surface area contributed by atoms with Gasteiger partial charge in [0.15, 0.2) is 0 Å². The van der Waals surface area contributed by atoms with Crippen LogP contribution in [0.5, 0.6) is 0 Å². The highest BCUT2D eigenvalue weighted by molar-refractivity contribution is 6.07. The molecule has 27 heavy (non-hydrogen) atoms. The lowest BCUT2D eigenvalue weighted by Crippen LogP contribution is -2.36. The molecule has 2 aliphatic heterocycles. The van der Waals surface area contributed by atoms with Crippen LogP contribution >= 0.6 is 0 Å². The van der Waals surface area contributed by atoms with Crippen molar-refractivity contribution >= 4 is 17.3 Å². The Morgan fingerprint density at radius 1 is 0.963 bits per heavy atom. The first kappa shape index (κ1) is 17.9. The zero-order valence-electron chi connectivity index (χ0n) is 14.6. The second-order valence-electron chi connectivity index (χ2n) is 6.69. The third-order valence-electron chi connectivity index (χ3n) is 5.04. The van der Waals surface area contributed by atoms with Crippen molar-refractivity contribution in [1.29, 1.82) is 0 Å². The number of hydrogen-bond donors (Lipinski definition) is 0. The summed E-state index contributed by atoms with van der Waals surface area (Å²) in [6.45, 7) is 3.47. The van der Waals surface area contributed by atoms with Gasteiger partial charge in [0.25, 0.3) is 5.91 Å². The number of alkyl halides is 3. The molecule has 0 aliphatic carbocycles. The molecule has 4 rings (SSSR count). The molecule has 0 bridgehead atoms. The Hall–Kier alpha value is -2.54. The lowest BCUT2D eigenvalue weighted by atomic mass is 10.1. The fraction of sp³-hybridized carbons (Fsp3) is 0.350. The van der Waals surface area contributed by atoms with Gasteiger partial charge in [-0.1, -0.05) is 6.07 Å². The molecule has 7 heteroatoms. The summed E-state index contributed by atoms with van der Waals surface area (Å²) in [5.74, 6) is -0.276. The summed E-state index contributed by atoms with van der Waals surface area (Å²) in [5.41, 5.74) is 2.45. The van der Waals surface area contributed by atoms with Gasteiger partial charge in [-0.25, -0.2) is 0 Å². The van der Waals surface area contributed by atoms with Crippen molar-refractivity contribution < 1.29 is 22.7 Å². The summed E-state index contributed by atoms with van der Waals surface area (Å²) < 4.78 is 43.6. The van der Waals surface area contributed by atoms with Crippen molar-refractivity contribution in [2.45, 2.75) is 12.6 Å². The summed E-state index contributed by atoms with van der Waals surface area (Å²) in [6.07, 6.45) is -3.67. The first-order chi connectivity index (χ1) is 12.9. The Balaban J connectivity index is 1.58. The number of benzene rings is 2. The smallest absolute Gasteiger partial charge is 0.378 e. The average molecular weight is 376 g/mol. The normalized spacial score (nSPS) is 17.1. The number of nitrogens with zero attached hydrogens (tertiary/aromatic N) is 2. The van der Waals surface area contributed by atoms with E-state index in [1.807, 2.05) is 12.1 Å². The maximum absolute atomic E-state index is 12.9. The SMILES string of the molecule is O=C(c1ccc(C(F)(F)F)cc1)N1CCc2ccc(N3CCOCC3)cc21. The Kier molecular flexibility index (Phi) is 4.55. The van der Waals surface area contributed by atoms with E-state index in [1.165, 1.54) is 12.1 Å². The molecule has 2 heterocycles. The van der Waals surface area contributed by atoms with Crippen molar-refractivity contribution in [3.8, 4) is 0 Å². The molecule has 2 aromatic carbocycles. The van der Waals surface area contributed by atoms with Crippen molar-refractivity contribution in [3.63, 3.8) is 0 Å². The number of carbonyl (C=O) groups excluding carboxylic acids is 1. The lowest BCUT2D eigenvalue weighted by Gasteiger charge is -2.29. The second-order valence-corrected chi connectivity index (χ2v) is 6.69. The third-order valence-corrected chi connectivity index (χ3v) is 5.04. The van der Waals surface area contributed by atoms with Gasteiger partial charge in [0.1, 0.15) is 0 Å². The average Bonchev–Trinajstić information content (AvgIpc) is 3.11. The fourth-order valence-electron chi connectivity index (χ4n) is 3.55. The molecular weight excluding hydrogens is 357 g/mol. The molecule has 1 amide bonds. The number of ether oxygens (including phenoxy) is 1. The largest absolute Gasteiger partial charge is 0.416 e. The number of morpholine rings is 1. The van der Waals surface area contributed by atoms with E-state index < -0.39 is 11.7 Å². The van der Waals surface area contributed by atoms with E-state index in [0.717, 1.165) is 48.6 Å². The number of fused-ring (bicyclic) bond motifs is 1. The van der Waals surface area contributed by atoms with Crippen molar-refractivity contribution in [1.82, 2.24) is 0 Å². The first-order valence-electron chi connectivity index (χ1n) is 8.88. The van der Waals surface area contributed by atoms with E-state index in [4.69, 9.17) is 4.74 Å². The Labute approximate surface area is 155 Å². The molecule has 1 fully saturated rings. The Morgan fingerprint density at radius 2 is 1.67 bits per heavy atom. The molecule has 1 saturated heterocycles. The maximum atomic E-state index is 12.9. The Bertz CT molecular complexity index is 843. The van der Waals surface area contributed by atoms with Gasteiger partial charge in [0.05, 0.1) is 18.8 Å². The molecule has 142 valence electrons. The molecule has 0 unspecified atom stereocenters. The van der Waals surface area contributed by atoms with Crippen LogP contribution in [0.2, 0.25) is 0 Å². The number of rotatable bonds is 2. The summed E-state index contributed by atoms with van der Waals surface area (Å²) in [7, 11) is 0. The minimum absolute atomic E-state index is 0.257. The van der Waals surface area contributed by atoms with Crippen molar-refractivity contribution in [2.75, 3.05) is 42.6 Å². The van der Waals surface area contributed by atoms with Crippen LogP contribution in [0.4, 0.5) is 24.5 Å². The molecule has 2 aliphatic rings. The summed E-state index contributed by atoms with van der Waals surface area (Å²) in [5, 5.41) is 0. The highest BCUT2D eigenvalue weighted by Gasteiger charge is 2.31. The van der Waals surface area contributed by atoms with Crippen LogP contribution in [-0.2, 0) is 17.3 Å². The zero-order chi connectivity index (χ0) is 19.0. The fourth-order valence-corrected chi connectivity index (χ4v) is 3.55. The topological polar surface area (TPSA) is 32.8 Å². The minimum atomic E-state index is -4.41. The second kappa shape index (κ2) is 6.88. The zero-order valence-corrected chi connectivity index (χ0v) is 14.6. The highest BCUT2D eigenvalue weighted by Crippen LogP contribution is 2.34. The molecule has 0 aromatic heterocycles. The number of halogens is 3. The van der Waals surface area contributed by atoms with Crippen LogP contribution in [0, 0.1) is 0 Å². The van der Waals surface area contributed by atoms with Crippen molar-refractivity contribution in [2.24, 2.45) is 0 Å². The molecule has 0 spiro atoms. The molecule has 4 nitrogen and oxygen atoms in total. The van der Waals surface area contributed by atoms with Crippen LogP contribution in [-0.4, -0.2) is 38.8 Å². The van der Waals surface area contributed by atoms with E-state index in [9.17, 15) is 18.0 Å². The highest BCUT2D eigenvalue weighted by atomic mass is 19.4. The van der Waals surface area contributed by atoms with Crippen LogP contribution in [0.15, 0.2) is 42.5 Å². The number of amides is 1. The predicted molar refractivity (Wildman–Crippen MR) is 96.3 cm³/mol. The minimum Gasteiger partial charge on any atom is -0.378 e. The van der Waals surface area contributed by atoms with E-state index >= 15 is 0 Å². The van der Waals surface area contributed by atoms with Gasteiger partial charge < -0.3 is 14.5 Å². The predicted octanol–water partition coefficient (Wildman–Crippen LogP) is 3.74. The molecule has 2 aromatic rings. The van der Waals surface area contributed by atoms with Crippen LogP contribution in [0.1, 0.15) is 21.5 Å².